The highest BCUT2D eigenvalue weighted by molar-refractivity contribution is 9.10. The minimum Gasteiger partial charge on any atom is -0.306 e. The molecule has 0 radical (unpaired) electrons. The monoisotopic (exact) mass is 349 g/mol. The van der Waals surface area contributed by atoms with Crippen molar-refractivity contribution in [2.45, 2.75) is 32.7 Å². The summed E-state index contributed by atoms with van der Waals surface area (Å²) in [6, 6.07) is 13.9. The van der Waals surface area contributed by atoms with Gasteiger partial charge in [0.25, 0.3) is 0 Å². The zero-order valence-electron chi connectivity index (χ0n) is 12.5. The molecule has 0 heterocycles. The van der Waals surface area contributed by atoms with E-state index in [1.807, 2.05) is 6.07 Å². The minimum absolute atomic E-state index is 0.0269. The van der Waals surface area contributed by atoms with Crippen molar-refractivity contribution in [1.29, 1.82) is 0 Å². The second-order valence-corrected chi connectivity index (χ2v) is 6.01. The number of halogens is 2. The molecule has 0 amide bonds. The largest absolute Gasteiger partial charge is 0.306 e. The maximum atomic E-state index is 13.8. The van der Waals surface area contributed by atoms with Gasteiger partial charge in [0.15, 0.2) is 0 Å². The first kappa shape index (κ1) is 16.2. The predicted octanol–water partition coefficient (Wildman–Crippen LogP) is 5.24. The van der Waals surface area contributed by atoms with E-state index in [1.165, 1.54) is 11.1 Å². The van der Waals surface area contributed by atoms with E-state index in [0.29, 0.717) is 4.47 Å². The highest BCUT2D eigenvalue weighted by atomic mass is 79.9. The Labute approximate surface area is 134 Å². The Morgan fingerprint density at radius 2 is 1.86 bits per heavy atom. The molecule has 0 aliphatic carbocycles. The average molecular weight is 350 g/mol. The molecule has 112 valence electrons. The summed E-state index contributed by atoms with van der Waals surface area (Å²) in [6.07, 6.45) is 2.05. The van der Waals surface area contributed by atoms with Crippen LogP contribution in [0.5, 0.6) is 0 Å². The summed E-state index contributed by atoms with van der Waals surface area (Å²) >= 11 is 3.21. The van der Waals surface area contributed by atoms with Crippen LogP contribution in [0.25, 0.3) is 0 Å². The van der Waals surface area contributed by atoms with E-state index in [2.05, 4.69) is 59.4 Å². The van der Waals surface area contributed by atoms with Gasteiger partial charge in [-0.15, -0.1) is 0 Å². The molecule has 0 saturated heterocycles. The van der Waals surface area contributed by atoms with E-state index >= 15 is 0 Å². The Kier molecular flexibility index (Phi) is 5.95. The number of hydrogen-bond donors (Lipinski definition) is 1. The fraction of sp³-hybridized carbons (Fsp3) is 0.333. The van der Waals surface area contributed by atoms with Gasteiger partial charge >= 0.3 is 0 Å². The third-order valence-corrected chi connectivity index (χ3v) is 4.21. The summed E-state index contributed by atoms with van der Waals surface area (Å²) in [5, 5.41) is 3.52. The fourth-order valence-corrected chi connectivity index (χ4v) is 2.65. The molecule has 0 spiro atoms. The van der Waals surface area contributed by atoms with Crippen molar-refractivity contribution in [3.05, 3.63) is 69.4 Å². The summed E-state index contributed by atoms with van der Waals surface area (Å²) < 4.78 is 14.4. The van der Waals surface area contributed by atoms with Gasteiger partial charge < -0.3 is 5.32 Å². The SMILES string of the molecule is CCCNC(c1cccc(CC)c1)c1ccc(Br)c(F)c1. The molecule has 0 aliphatic heterocycles. The summed E-state index contributed by atoms with van der Waals surface area (Å²) in [5.41, 5.74) is 3.44. The Morgan fingerprint density at radius 1 is 1.10 bits per heavy atom. The summed E-state index contributed by atoms with van der Waals surface area (Å²) in [5.74, 6) is -0.220. The van der Waals surface area contributed by atoms with E-state index in [0.717, 1.165) is 24.9 Å². The fourth-order valence-electron chi connectivity index (χ4n) is 2.40. The van der Waals surface area contributed by atoms with Gasteiger partial charge in [-0.3, -0.25) is 0 Å². The zero-order chi connectivity index (χ0) is 15.2. The minimum atomic E-state index is -0.220. The van der Waals surface area contributed by atoms with Crippen LogP contribution in [0.15, 0.2) is 46.9 Å². The van der Waals surface area contributed by atoms with Crippen LogP contribution in [-0.4, -0.2) is 6.54 Å². The molecular weight excluding hydrogens is 329 g/mol. The number of hydrogen-bond acceptors (Lipinski definition) is 1. The molecule has 3 heteroatoms. The van der Waals surface area contributed by atoms with Gasteiger partial charge in [0.1, 0.15) is 5.82 Å². The van der Waals surface area contributed by atoms with Crippen LogP contribution in [0, 0.1) is 5.82 Å². The van der Waals surface area contributed by atoms with Crippen molar-refractivity contribution in [2.75, 3.05) is 6.54 Å². The van der Waals surface area contributed by atoms with Crippen LogP contribution in [0.2, 0.25) is 0 Å². The lowest BCUT2D eigenvalue weighted by Gasteiger charge is -2.20. The molecule has 2 rings (SSSR count). The Balaban J connectivity index is 2.38. The first-order valence-corrected chi connectivity index (χ1v) is 8.22. The topological polar surface area (TPSA) is 12.0 Å². The van der Waals surface area contributed by atoms with Crippen LogP contribution in [0.3, 0.4) is 0 Å². The van der Waals surface area contributed by atoms with Crippen LogP contribution >= 0.6 is 15.9 Å². The first-order chi connectivity index (χ1) is 10.2. The van der Waals surface area contributed by atoms with Crippen molar-refractivity contribution in [1.82, 2.24) is 5.32 Å². The number of aryl methyl sites for hydroxylation is 1. The van der Waals surface area contributed by atoms with Crippen molar-refractivity contribution in [3.63, 3.8) is 0 Å². The van der Waals surface area contributed by atoms with E-state index in [-0.39, 0.29) is 11.9 Å². The Morgan fingerprint density at radius 3 is 2.52 bits per heavy atom. The van der Waals surface area contributed by atoms with Crippen molar-refractivity contribution < 1.29 is 4.39 Å². The lowest BCUT2D eigenvalue weighted by atomic mass is 9.96. The van der Waals surface area contributed by atoms with Crippen molar-refractivity contribution >= 4 is 15.9 Å². The standard InChI is InChI=1S/C18H21BrFN/c1-3-10-21-18(14-7-5-6-13(4-2)11-14)15-8-9-16(19)17(20)12-15/h5-9,11-12,18,21H,3-4,10H2,1-2H3. The zero-order valence-corrected chi connectivity index (χ0v) is 14.1. The summed E-state index contributed by atoms with van der Waals surface area (Å²) in [7, 11) is 0. The lowest BCUT2D eigenvalue weighted by molar-refractivity contribution is 0.583. The maximum absolute atomic E-state index is 13.8. The van der Waals surface area contributed by atoms with Gasteiger partial charge in [-0.1, -0.05) is 44.2 Å². The van der Waals surface area contributed by atoms with Crippen LogP contribution in [0.4, 0.5) is 4.39 Å². The summed E-state index contributed by atoms with van der Waals surface area (Å²) in [6.45, 7) is 5.18. The van der Waals surface area contributed by atoms with Gasteiger partial charge in [0.2, 0.25) is 0 Å². The van der Waals surface area contributed by atoms with Crippen molar-refractivity contribution in [2.24, 2.45) is 0 Å². The highest BCUT2D eigenvalue weighted by Gasteiger charge is 2.15. The maximum Gasteiger partial charge on any atom is 0.137 e. The number of benzene rings is 2. The van der Waals surface area contributed by atoms with Gasteiger partial charge in [0, 0.05) is 0 Å². The molecule has 1 unspecified atom stereocenters. The van der Waals surface area contributed by atoms with E-state index in [9.17, 15) is 4.39 Å². The van der Waals surface area contributed by atoms with Crippen LogP contribution in [-0.2, 0) is 6.42 Å². The molecule has 0 aromatic heterocycles. The third-order valence-electron chi connectivity index (χ3n) is 3.57. The second-order valence-electron chi connectivity index (χ2n) is 5.16. The predicted molar refractivity (Wildman–Crippen MR) is 90.1 cm³/mol. The van der Waals surface area contributed by atoms with Crippen molar-refractivity contribution in [3.8, 4) is 0 Å². The van der Waals surface area contributed by atoms with Gasteiger partial charge in [0.05, 0.1) is 10.5 Å². The molecule has 0 aliphatic rings. The van der Waals surface area contributed by atoms with Gasteiger partial charge in [-0.2, -0.15) is 0 Å². The molecule has 2 aromatic rings. The second kappa shape index (κ2) is 7.71. The van der Waals surface area contributed by atoms with E-state index in [1.54, 1.807) is 12.1 Å². The summed E-state index contributed by atoms with van der Waals surface area (Å²) in [4.78, 5) is 0. The van der Waals surface area contributed by atoms with Crippen LogP contribution in [0.1, 0.15) is 43.0 Å². The molecule has 1 nitrogen and oxygen atoms in total. The molecule has 1 N–H and O–H groups in total. The Bertz CT molecular complexity index is 598. The quantitative estimate of drug-likeness (QED) is 0.751. The molecule has 21 heavy (non-hydrogen) atoms. The van der Waals surface area contributed by atoms with E-state index < -0.39 is 0 Å². The lowest BCUT2D eigenvalue weighted by Crippen LogP contribution is -2.23. The number of nitrogens with one attached hydrogen (secondary N) is 1. The highest BCUT2D eigenvalue weighted by Crippen LogP contribution is 2.26. The Hall–Kier alpha value is -1.19. The smallest absolute Gasteiger partial charge is 0.137 e. The molecule has 0 fully saturated rings. The molecule has 0 bridgehead atoms. The van der Waals surface area contributed by atoms with Gasteiger partial charge in [-0.05, 0) is 64.1 Å². The third kappa shape index (κ3) is 4.14. The first-order valence-electron chi connectivity index (χ1n) is 7.42. The molecule has 0 saturated carbocycles. The van der Waals surface area contributed by atoms with Gasteiger partial charge in [-0.25, -0.2) is 4.39 Å². The average Bonchev–Trinajstić information content (AvgIpc) is 2.51. The number of rotatable bonds is 6. The molecule has 1 atom stereocenters. The molecule has 2 aromatic carbocycles. The van der Waals surface area contributed by atoms with E-state index in [4.69, 9.17) is 0 Å². The molecular formula is C18H21BrFN. The van der Waals surface area contributed by atoms with Crippen LogP contribution < -0.4 is 5.32 Å². The normalized spacial score (nSPS) is 12.4.